The van der Waals surface area contributed by atoms with Crippen molar-refractivity contribution in [3.05, 3.63) is 63.1 Å². The fourth-order valence-electron chi connectivity index (χ4n) is 1.83. The van der Waals surface area contributed by atoms with Gasteiger partial charge in [-0.05, 0) is 42.8 Å². The van der Waals surface area contributed by atoms with Crippen molar-refractivity contribution in [1.82, 2.24) is 0 Å². The zero-order chi connectivity index (χ0) is 15.6. The first kappa shape index (κ1) is 15.4. The Morgan fingerprint density at radius 2 is 1.62 bits per heavy atom. The highest BCUT2D eigenvalue weighted by atomic mass is 35.5. The number of aromatic carboxylic acids is 1. The summed E-state index contributed by atoms with van der Waals surface area (Å²) < 4.78 is 0. The third-order valence-corrected chi connectivity index (χ3v) is 3.37. The number of carbonyl (C=O) groups excluding carboxylic acids is 1. The van der Waals surface area contributed by atoms with Crippen LogP contribution in [-0.2, 0) is 0 Å². The van der Waals surface area contributed by atoms with E-state index in [1.54, 1.807) is 19.1 Å². The van der Waals surface area contributed by atoms with Crippen molar-refractivity contribution < 1.29 is 14.7 Å². The molecule has 21 heavy (non-hydrogen) atoms. The summed E-state index contributed by atoms with van der Waals surface area (Å²) >= 11 is 11.7. The Labute approximate surface area is 131 Å². The molecule has 0 bridgehead atoms. The summed E-state index contributed by atoms with van der Waals surface area (Å²) in [5, 5.41) is 12.4. The van der Waals surface area contributed by atoms with Crippen LogP contribution in [0.3, 0.4) is 0 Å². The molecule has 2 rings (SSSR count). The van der Waals surface area contributed by atoms with Gasteiger partial charge in [-0.15, -0.1) is 0 Å². The van der Waals surface area contributed by atoms with E-state index in [0.29, 0.717) is 15.6 Å². The number of nitrogens with one attached hydrogen (secondary N) is 1. The topological polar surface area (TPSA) is 66.4 Å². The van der Waals surface area contributed by atoms with E-state index in [1.807, 2.05) is 0 Å². The Morgan fingerprint density at radius 3 is 2.29 bits per heavy atom. The molecule has 2 aromatic rings. The standard InChI is InChI=1S/C15H11Cl2NO3/c1-8-2-3-9(16)6-12(8)14(19)18-13-7-10(17)4-5-11(13)15(20)21/h2-7H,1H3,(H,18,19)(H,20,21). The molecule has 0 aliphatic rings. The number of carboxylic acid groups (broad SMARTS) is 1. The van der Waals surface area contributed by atoms with Crippen molar-refractivity contribution in [2.24, 2.45) is 0 Å². The maximum absolute atomic E-state index is 12.3. The number of anilines is 1. The Balaban J connectivity index is 2.38. The smallest absolute Gasteiger partial charge is 0.337 e. The summed E-state index contributed by atoms with van der Waals surface area (Å²) in [7, 11) is 0. The molecule has 0 aliphatic carbocycles. The van der Waals surface area contributed by atoms with Gasteiger partial charge in [-0.1, -0.05) is 29.3 Å². The zero-order valence-corrected chi connectivity index (χ0v) is 12.5. The maximum Gasteiger partial charge on any atom is 0.337 e. The van der Waals surface area contributed by atoms with Crippen molar-refractivity contribution in [2.75, 3.05) is 5.32 Å². The number of carbonyl (C=O) groups is 2. The van der Waals surface area contributed by atoms with Crippen LogP contribution in [0, 0.1) is 6.92 Å². The lowest BCUT2D eigenvalue weighted by Gasteiger charge is -2.11. The van der Waals surface area contributed by atoms with Gasteiger partial charge in [-0.25, -0.2) is 4.79 Å². The molecule has 0 saturated carbocycles. The number of rotatable bonds is 3. The summed E-state index contributed by atoms with van der Waals surface area (Å²) in [6.45, 7) is 1.77. The highest BCUT2D eigenvalue weighted by Crippen LogP contribution is 2.23. The van der Waals surface area contributed by atoms with Crippen molar-refractivity contribution in [3.63, 3.8) is 0 Å². The minimum atomic E-state index is -1.15. The fraction of sp³-hybridized carbons (Fsp3) is 0.0667. The van der Waals surface area contributed by atoms with Crippen molar-refractivity contribution in [1.29, 1.82) is 0 Å². The highest BCUT2D eigenvalue weighted by Gasteiger charge is 2.15. The second-order valence-corrected chi connectivity index (χ2v) is 5.28. The number of aryl methyl sites for hydroxylation is 1. The van der Waals surface area contributed by atoms with Crippen LogP contribution in [0.15, 0.2) is 36.4 Å². The van der Waals surface area contributed by atoms with Crippen molar-refractivity contribution >= 4 is 40.8 Å². The molecule has 1 amide bonds. The van der Waals surface area contributed by atoms with Crippen LogP contribution >= 0.6 is 23.2 Å². The third kappa shape index (κ3) is 3.54. The van der Waals surface area contributed by atoms with Crippen LogP contribution in [0.2, 0.25) is 10.0 Å². The van der Waals surface area contributed by atoms with Gasteiger partial charge >= 0.3 is 5.97 Å². The normalized spacial score (nSPS) is 10.2. The van der Waals surface area contributed by atoms with Crippen LogP contribution in [0.5, 0.6) is 0 Å². The lowest BCUT2D eigenvalue weighted by atomic mass is 10.1. The zero-order valence-electron chi connectivity index (χ0n) is 11.0. The monoisotopic (exact) mass is 323 g/mol. The molecule has 0 fully saturated rings. The summed E-state index contributed by atoms with van der Waals surface area (Å²) in [6, 6.07) is 9.10. The molecule has 4 nitrogen and oxygen atoms in total. The molecule has 0 unspecified atom stereocenters. The van der Waals surface area contributed by atoms with Gasteiger partial charge in [0.05, 0.1) is 11.3 Å². The van der Waals surface area contributed by atoms with E-state index in [2.05, 4.69) is 5.32 Å². The average Bonchev–Trinajstić information content (AvgIpc) is 2.41. The number of benzene rings is 2. The maximum atomic E-state index is 12.3. The van der Waals surface area contributed by atoms with Gasteiger partial charge in [0.1, 0.15) is 0 Å². The molecular weight excluding hydrogens is 313 g/mol. The molecule has 0 aliphatic heterocycles. The van der Waals surface area contributed by atoms with Gasteiger partial charge in [-0.2, -0.15) is 0 Å². The lowest BCUT2D eigenvalue weighted by Crippen LogP contribution is -2.16. The molecule has 0 atom stereocenters. The summed E-state index contributed by atoms with van der Waals surface area (Å²) in [4.78, 5) is 23.4. The van der Waals surface area contributed by atoms with Crippen LogP contribution in [0.4, 0.5) is 5.69 Å². The predicted octanol–water partition coefficient (Wildman–Crippen LogP) is 4.25. The van der Waals surface area contributed by atoms with E-state index in [-0.39, 0.29) is 11.3 Å². The van der Waals surface area contributed by atoms with Gasteiger partial charge in [0.25, 0.3) is 5.91 Å². The van der Waals surface area contributed by atoms with E-state index < -0.39 is 11.9 Å². The average molecular weight is 324 g/mol. The molecule has 0 radical (unpaired) electrons. The molecule has 0 heterocycles. The van der Waals surface area contributed by atoms with E-state index in [4.69, 9.17) is 28.3 Å². The number of carboxylic acids is 1. The van der Waals surface area contributed by atoms with E-state index in [0.717, 1.165) is 5.56 Å². The summed E-state index contributed by atoms with van der Waals surface area (Å²) in [5.41, 5.74) is 1.21. The minimum absolute atomic E-state index is 0.0348. The third-order valence-electron chi connectivity index (χ3n) is 2.90. The number of halogens is 2. The van der Waals surface area contributed by atoms with E-state index >= 15 is 0 Å². The molecule has 0 saturated heterocycles. The molecule has 0 spiro atoms. The molecule has 0 aromatic heterocycles. The summed E-state index contributed by atoms with van der Waals surface area (Å²) in [5.74, 6) is -1.59. The predicted molar refractivity (Wildman–Crippen MR) is 82.6 cm³/mol. The number of hydrogen-bond acceptors (Lipinski definition) is 2. The molecular formula is C15H11Cl2NO3. The SMILES string of the molecule is Cc1ccc(Cl)cc1C(=O)Nc1cc(Cl)ccc1C(=O)O. The van der Waals surface area contributed by atoms with Crippen LogP contribution in [0.1, 0.15) is 26.3 Å². The van der Waals surface area contributed by atoms with E-state index in [9.17, 15) is 9.59 Å². The molecule has 2 aromatic carbocycles. The quantitative estimate of drug-likeness (QED) is 0.887. The first-order valence-corrected chi connectivity index (χ1v) is 6.74. The number of amides is 1. The van der Waals surface area contributed by atoms with E-state index in [1.165, 1.54) is 24.3 Å². The largest absolute Gasteiger partial charge is 0.478 e. The lowest BCUT2D eigenvalue weighted by molar-refractivity contribution is 0.0698. The first-order chi connectivity index (χ1) is 9.88. The molecule has 6 heteroatoms. The first-order valence-electron chi connectivity index (χ1n) is 5.99. The van der Waals surface area contributed by atoms with Crippen molar-refractivity contribution in [2.45, 2.75) is 6.92 Å². The van der Waals surface area contributed by atoms with Gasteiger partial charge in [0.2, 0.25) is 0 Å². The Bertz CT molecular complexity index is 729. The van der Waals surface area contributed by atoms with Gasteiger partial charge in [0.15, 0.2) is 0 Å². The minimum Gasteiger partial charge on any atom is -0.478 e. The Morgan fingerprint density at radius 1 is 1.00 bits per heavy atom. The molecule has 108 valence electrons. The van der Waals surface area contributed by atoms with Gasteiger partial charge in [-0.3, -0.25) is 4.79 Å². The second kappa shape index (κ2) is 6.16. The fourth-order valence-corrected chi connectivity index (χ4v) is 2.18. The summed E-state index contributed by atoms with van der Waals surface area (Å²) in [6.07, 6.45) is 0. The highest BCUT2D eigenvalue weighted by molar-refractivity contribution is 6.31. The Hall–Kier alpha value is -2.04. The molecule has 2 N–H and O–H groups in total. The van der Waals surface area contributed by atoms with Crippen molar-refractivity contribution in [3.8, 4) is 0 Å². The van der Waals surface area contributed by atoms with Crippen LogP contribution in [0.25, 0.3) is 0 Å². The van der Waals surface area contributed by atoms with Gasteiger partial charge in [0, 0.05) is 15.6 Å². The second-order valence-electron chi connectivity index (χ2n) is 4.41. The Kier molecular flexibility index (Phi) is 4.50. The van der Waals surface area contributed by atoms with Gasteiger partial charge < -0.3 is 10.4 Å². The van der Waals surface area contributed by atoms with Crippen LogP contribution in [-0.4, -0.2) is 17.0 Å². The number of hydrogen-bond donors (Lipinski definition) is 2. The van der Waals surface area contributed by atoms with Crippen LogP contribution < -0.4 is 5.32 Å².